The lowest BCUT2D eigenvalue weighted by atomic mass is 9.88. The third-order valence-electron chi connectivity index (χ3n) is 7.03. The number of halogens is 1. The van der Waals surface area contributed by atoms with Crippen LogP contribution in [0.4, 0.5) is 4.39 Å². The van der Waals surface area contributed by atoms with Crippen molar-refractivity contribution in [3.05, 3.63) is 90.0 Å². The molecule has 1 atom stereocenters. The normalized spacial score (nSPS) is 19.9. The van der Waals surface area contributed by atoms with E-state index in [1.807, 2.05) is 30.6 Å². The molecule has 3 aromatic rings. The Labute approximate surface area is 200 Å². The smallest absolute Gasteiger partial charge is 0.251 e. The zero-order valence-corrected chi connectivity index (χ0v) is 19.3. The summed E-state index contributed by atoms with van der Waals surface area (Å²) in [7, 11) is 0. The maximum Gasteiger partial charge on any atom is 0.251 e. The number of hydrogen-bond acceptors (Lipinski definition) is 4. The Morgan fingerprint density at radius 1 is 1.03 bits per heavy atom. The molecule has 3 heterocycles. The monoisotopic (exact) mass is 459 g/mol. The molecular formula is C28H30FN3O2. The quantitative estimate of drug-likeness (QED) is 0.574. The number of ether oxygens (including phenoxy) is 1. The van der Waals surface area contributed by atoms with E-state index in [9.17, 15) is 9.18 Å². The molecule has 1 unspecified atom stereocenters. The lowest BCUT2D eigenvalue weighted by Gasteiger charge is -2.39. The van der Waals surface area contributed by atoms with Crippen LogP contribution in [0.15, 0.2) is 73.1 Å². The number of pyridine rings is 1. The fourth-order valence-corrected chi connectivity index (χ4v) is 5.09. The standard InChI is InChI=1S/C28H30FN3O2/c29-25-6-2-4-23(18-25)22-3-1-5-24(17-22)27(33)31-19-26-7-10-28(34-26)11-15-32(16-12-28)20-21-8-13-30-14-9-21/h1-6,8-9,13-14,17-18,26H,7,10-12,15-16,19-20H2,(H,31,33). The first-order valence-corrected chi connectivity index (χ1v) is 12.0. The van der Waals surface area contributed by atoms with Gasteiger partial charge in [-0.25, -0.2) is 4.39 Å². The van der Waals surface area contributed by atoms with E-state index < -0.39 is 0 Å². The topological polar surface area (TPSA) is 54.5 Å². The van der Waals surface area contributed by atoms with Gasteiger partial charge in [0.05, 0.1) is 11.7 Å². The predicted molar refractivity (Wildman–Crippen MR) is 130 cm³/mol. The first-order chi connectivity index (χ1) is 16.6. The van der Waals surface area contributed by atoms with Crippen molar-refractivity contribution in [1.82, 2.24) is 15.2 Å². The van der Waals surface area contributed by atoms with Gasteiger partial charge in [-0.15, -0.1) is 0 Å². The maximum absolute atomic E-state index is 13.6. The van der Waals surface area contributed by atoms with Crippen LogP contribution < -0.4 is 5.32 Å². The van der Waals surface area contributed by atoms with E-state index in [1.54, 1.807) is 18.2 Å². The van der Waals surface area contributed by atoms with E-state index in [0.717, 1.165) is 56.4 Å². The SMILES string of the molecule is O=C(NCC1CCC2(CCN(Cc3ccncc3)CC2)O1)c1cccc(-c2cccc(F)c2)c1. The van der Waals surface area contributed by atoms with E-state index in [0.29, 0.717) is 12.1 Å². The summed E-state index contributed by atoms with van der Waals surface area (Å²) in [5, 5.41) is 3.04. The third kappa shape index (κ3) is 5.34. The molecule has 5 rings (SSSR count). The van der Waals surface area contributed by atoms with Gasteiger partial charge in [-0.2, -0.15) is 0 Å². The van der Waals surface area contributed by atoms with Gasteiger partial charge in [-0.1, -0.05) is 24.3 Å². The Hall–Kier alpha value is -3.09. The minimum Gasteiger partial charge on any atom is -0.370 e. The van der Waals surface area contributed by atoms with Crippen LogP contribution in [0, 0.1) is 5.82 Å². The summed E-state index contributed by atoms with van der Waals surface area (Å²) in [6.07, 6.45) is 7.80. The lowest BCUT2D eigenvalue weighted by molar-refractivity contribution is -0.0764. The summed E-state index contributed by atoms with van der Waals surface area (Å²) in [6.45, 7) is 3.50. The zero-order chi connectivity index (χ0) is 23.4. The number of carbonyl (C=O) groups is 1. The number of nitrogens with zero attached hydrogens (tertiary/aromatic N) is 2. The number of piperidine rings is 1. The van der Waals surface area contributed by atoms with Crippen LogP contribution in [-0.2, 0) is 11.3 Å². The Kier molecular flexibility index (Phi) is 6.70. The van der Waals surface area contributed by atoms with Crippen LogP contribution >= 0.6 is 0 Å². The fourth-order valence-electron chi connectivity index (χ4n) is 5.09. The Bertz CT molecular complexity index is 1130. The van der Waals surface area contributed by atoms with E-state index in [2.05, 4.69) is 27.3 Å². The van der Waals surface area contributed by atoms with Crippen LogP contribution in [0.2, 0.25) is 0 Å². The first-order valence-electron chi connectivity index (χ1n) is 12.0. The number of rotatable bonds is 6. The molecule has 6 heteroatoms. The highest BCUT2D eigenvalue weighted by atomic mass is 19.1. The second-order valence-electron chi connectivity index (χ2n) is 9.39. The molecule has 2 aliphatic heterocycles. The van der Waals surface area contributed by atoms with Gasteiger partial charge in [0.1, 0.15) is 5.82 Å². The van der Waals surface area contributed by atoms with Gasteiger partial charge >= 0.3 is 0 Å². The first kappa shape index (κ1) is 22.7. The van der Waals surface area contributed by atoms with Crippen molar-refractivity contribution in [1.29, 1.82) is 0 Å². The molecular weight excluding hydrogens is 429 g/mol. The summed E-state index contributed by atoms with van der Waals surface area (Å²) in [6, 6.07) is 17.9. The van der Waals surface area contributed by atoms with Crippen molar-refractivity contribution in [3.63, 3.8) is 0 Å². The Balaban J connectivity index is 1.12. The highest BCUT2D eigenvalue weighted by molar-refractivity contribution is 5.95. The number of hydrogen-bond donors (Lipinski definition) is 1. The Morgan fingerprint density at radius 3 is 2.53 bits per heavy atom. The molecule has 2 aromatic carbocycles. The van der Waals surface area contributed by atoms with Gasteiger partial charge < -0.3 is 10.1 Å². The van der Waals surface area contributed by atoms with Gasteiger partial charge in [0.15, 0.2) is 0 Å². The lowest BCUT2D eigenvalue weighted by Crippen LogP contribution is -2.44. The van der Waals surface area contributed by atoms with E-state index in [1.165, 1.54) is 17.7 Å². The summed E-state index contributed by atoms with van der Waals surface area (Å²) in [5.74, 6) is -0.419. The Morgan fingerprint density at radius 2 is 1.76 bits per heavy atom. The highest BCUT2D eigenvalue weighted by Gasteiger charge is 2.42. The molecule has 1 amide bonds. The van der Waals surface area contributed by atoms with E-state index in [-0.39, 0.29) is 23.4 Å². The largest absolute Gasteiger partial charge is 0.370 e. The van der Waals surface area contributed by atoms with Crippen LogP contribution in [0.1, 0.15) is 41.6 Å². The van der Waals surface area contributed by atoms with Crippen LogP contribution in [0.25, 0.3) is 11.1 Å². The van der Waals surface area contributed by atoms with E-state index >= 15 is 0 Å². The van der Waals surface area contributed by atoms with Crippen LogP contribution in [0.3, 0.4) is 0 Å². The molecule has 0 saturated carbocycles. The molecule has 0 bridgehead atoms. The number of carbonyl (C=O) groups excluding carboxylic acids is 1. The van der Waals surface area contributed by atoms with Crippen molar-refractivity contribution in [2.75, 3.05) is 19.6 Å². The highest BCUT2D eigenvalue weighted by Crippen LogP contribution is 2.39. The van der Waals surface area contributed by atoms with Crippen molar-refractivity contribution in [3.8, 4) is 11.1 Å². The minimum absolute atomic E-state index is 0.0436. The molecule has 2 saturated heterocycles. The predicted octanol–water partition coefficient (Wildman–Crippen LogP) is 4.83. The number of amides is 1. The van der Waals surface area contributed by atoms with Crippen LogP contribution in [0.5, 0.6) is 0 Å². The fraction of sp³-hybridized carbons (Fsp3) is 0.357. The second kappa shape index (κ2) is 10.0. The molecule has 1 N–H and O–H groups in total. The molecule has 34 heavy (non-hydrogen) atoms. The molecule has 176 valence electrons. The molecule has 2 fully saturated rings. The molecule has 2 aliphatic rings. The van der Waals surface area contributed by atoms with Gasteiger partial charge in [-0.05, 0) is 78.8 Å². The second-order valence-corrected chi connectivity index (χ2v) is 9.39. The van der Waals surface area contributed by atoms with Crippen molar-refractivity contribution in [2.45, 2.75) is 43.9 Å². The summed E-state index contributed by atoms with van der Waals surface area (Å²) in [5.41, 5.74) is 3.38. The molecule has 1 aromatic heterocycles. The summed E-state index contributed by atoms with van der Waals surface area (Å²) < 4.78 is 20.1. The van der Waals surface area contributed by atoms with Crippen molar-refractivity contribution in [2.24, 2.45) is 0 Å². The molecule has 1 spiro atoms. The summed E-state index contributed by atoms with van der Waals surface area (Å²) >= 11 is 0. The number of likely N-dealkylation sites (tertiary alicyclic amines) is 1. The maximum atomic E-state index is 13.6. The molecule has 5 nitrogen and oxygen atoms in total. The van der Waals surface area contributed by atoms with Gasteiger partial charge in [-0.3, -0.25) is 14.7 Å². The average Bonchev–Trinajstić information content (AvgIpc) is 3.27. The van der Waals surface area contributed by atoms with Gasteiger partial charge in [0.25, 0.3) is 5.91 Å². The average molecular weight is 460 g/mol. The van der Waals surface area contributed by atoms with Crippen LogP contribution in [-0.4, -0.2) is 47.1 Å². The van der Waals surface area contributed by atoms with Crippen molar-refractivity contribution < 1.29 is 13.9 Å². The summed E-state index contributed by atoms with van der Waals surface area (Å²) in [4.78, 5) is 19.4. The number of nitrogens with one attached hydrogen (secondary N) is 1. The minimum atomic E-state index is -0.289. The van der Waals surface area contributed by atoms with E-state index in [4.69, 9.17) is 4.74 Å². The van der Waals surface area contributed by atoms with Gasteiger partial charge in [0.2, 0.25) is 0 Å². The molecule has 0 radical (unpaired) electrons. The number of benzene rings is 2. The molecule has 0 aliphatic carbocycles. The van der Waals surface area contributed by atoms with Gasteiger partial charge in [0, 0.05) is 44.1 Å². The zero-order valence-electron chi connectivity index (χ0n) is 19.3. The van der Waals surface area contributed by atoms with Crippen molar-refractivity contribution >= 4 is 5.91 Å². The number of aromatic nitrogens is 1. The third-order valence-corrected chi connectivity index (χ3v) is 7.03.